The molecule has 4 heteroatoms. The molecule has 0 amide bonds. The van der Waals surface area contributed by atoms with E-state index in [1.165, 1.54) is 0 Å². The van der Waals surface area contributed by atoms with Crippen molar-refractivity contribution in [2.45, 2.75) is 18.9 Å². The number of hydrogen-bond donors (Lipinski definition) is 2. The fourth-order valence-electron chi connectivity index (χ4n) is 2.20. The summed E-state index contributed by atoms with van der Waals surface area (Å²) in [7, 11) is 0. The number of ether oxygens (including phenoxy) is 1. The van der Waals surface area contributed by atoms with Crippen molar-refractivity contribution in [2.24, 2.45) is 5.92 Å². The first kappa shape index (κ1) is 12.9. The van der Waals surface area contributed by atoms with E-state index >= 15 is 0 Å². The van der Waals surface area contributed by atoms with Crippen LogP contribution in [-0.4, -0.2) is 30.5 Å². The summed E-state index contributed by atoms with van der Waals surface area (Å²) in [4.78, 5) is 0. The zero-order valence-corrected chi connectivity index (χ0v) is 11.5. The zero-order valence-electron chi connectivity index (χ0n) is 9.95. The van der Waals surface area contributed by atoms with Crippen molar-refractivity contribution in [3.8, 4) is 0 Å². The Morgan fingerprint density at radius 1 is 1.59 bits per heavy atom. The van der Waals surface area contributed by atoms with E-state index in [0.29, 0.717) is 5.92 Å². The van der Waals surface area contributed by atoms with E-state index in [1.54, 1.807) is 0 Å². The van der Waals surface area contributed by atoms with Gasteiger partial charge in [0.15, 0.2) is 0 Å². The van der Waals surface area contributed by atoms with E-state index in [0.717, 1.165) is 29.8 Å². The monoisotopic (exact) mass is 299 g/mol. The Labute approximate surface area is 110 Å². The third kappa shape index (κ3) is 3.00. The van der Waals surface area contributed by atoms with Crippen LogP contribution >= 0.6 is 15.9 Å². The molecular formula is C13H18BrNO2. The Balaban J connectivity index is 2.13. The molecule has 0 saturated carbocycles. The maximum atomic E-state index is 9.65. The lowest BCUT2D eigenvalue weighted by Gasteiger charge is -2.35. The summed E-state index contributed by atoms with van der Waals surface area (Å²) >= 11 is 3.45. The highest BCUT2D eigenvalue weighted by molar-refractivity contribution is 9.10. The molecule has 1 aliphatic heterocycles. The van der Waals surface area contributed by atoms with Crippen LogP contribution in [-0.2, 0) is 4.74 Å². The third-order valence-corrected chi connectivity index (χ3v) is 3.91. The van der Waals surface area contributed by atoms with Crippen molar-refractivity contribution in [1.82, 2.24) is 0 Å². The second kappa shape index (κ2) is 5.38. The van der Waals surface area contributed by atoms with Gasteiger partial charge >= 0.3 is 0 Å². The summed E-state index contributed by atoms with van der Waals surface area (Å²) in [6, 6.07) is 7.99. The summed E-state index contributed by atoms with van der Waals surface area (Å²) in [6.45, 7) is 3.67. The van der Waals surface area contributed by atoms with Crippen LogP contribution in [0.2, 0.25) is 0 Å². The summed E-state index contributed by atoms with van der Waals surface area (Å²) in [5, 5.41) is 13.1. The minimum absolute atomic E-state index is 0.105. The van der Waals surface area contributed by atoms with Gasteiger partial charge in [-0.05, 0) is 31.5 Å². The van der Waals surface area contributed by atoms with E-state index < -0.39 is 0 Å². The van der Waals surface area contributed by atoms with Crippen LogP contribution in [0, 0.1) is 5.92 Å². The number of rotatable bonds is 4. The maximum Gasteiger partial charge on any atom is 0.0662 e. The Kier molecular flexibility index (Phi) is 4.07. The van der Waals surface area contributed by atoms with Gasteiger partial charge in [0.25, 0.3) is 0 Å². The Morgan fingerprint density at radius 2 is 2.41 bits per heavy atom. The predicted octanol–water partition coefficient (Wildman–Crippen LogP) is 2.65. The van der Waals surface area contributed by atoms with E-state index in [4.69, 9.17) is 4.74 Å². The Bertz CT molecular complexity index is 379. The molecule has 0 radical (unpaired) electrons. The van der Waals surface area contributed by atoms with Crippen LogP contribution in [0.1, 0.15) is 13.3 Å². The molecule has 1 fully saturated rings. The number of benzene rings is 1. The molecule has 1 aromatic carbocycles. The molecule has 1 heterocycles. The second-order valence-corrected chi connectivity index (χ2v) is 5.69. The van der Waals surface area contributed by atoms with Crippen molar-refractivity contribution >= 4 is 21.6 Å². The van der Waals surface area contributed by atoms with Gasteiger partial charge < -0.3 is 15.2 Å². The van der Waals surface area contributed by atoms with Crippen molar-refractivity contribution in [1.29, 1.82) is 0 Å². The van der Waals surface area contributed by atoms with E-state index in [1.807, 2.05) is 31.2 Å². The van der Waals surface area contributed by atoms with Gasteiger partial charge in [0, 0.05) is 22.7 Å². The van der Waals surface area contributed by atoms with Gasteiger partial charge in [-0.3, -0.25) is 0 Å². The molecule has 3 nitrogen and oxygen atoms in total. The first-order valence-electron chi connectivity index (χ1n) is 5.86. The van der Waals surface area contributed by atoms with Gasteiger partial charge in [-0.2, -0.15) is 0 Å². The maximum absolute atomic E-state index is 9.65. The fraction of sp³-hybridized carbons (Fsp3) is 0.538. The Morgan fingerprint density at radius 3 is 3.00 bits per heavy atom. The van der Waals surface area contributed by atoms with E-state index in [2.05, 4.69) is 21.2 Å². The van der Waals surface area contributed by atoms with Gasteiger partial charge in [0.2, 0.25) is 0 Å². The molecule has 0 bridgehead atoms. The molecule has 94 valence electrons. The SMILES string of the molecule is CC(CO)(Nc1cccc(Br)c1)C1CCOC1. The normalized spacial score (nSPS) is 23.4. The van der Waals surface area contributed by atoms with Gasteiger partial charge in [-0.15, -0.1) is 0 Å². The quantitative estimate of drug-likeness (QED) is 0.898. The highest BCUT2D eigenvalue weighted by atomic mass is 79.9. The standard InChI is InChI=1S/C13H18BrNO2/c1-13(9-16,10-5-6-17-8-10)15-12-4-2-3-11(14)7-12/h2-4,7,10,15-16H,5-6,8-9H2,1H3. The highest BCUT2D eigenvalue weighted by Crippen LogP contribution is 2.30. The largest absolute Gasteiger partial charge is 0.394 e. The van der Waals surface area contributed by atoms with Crippen LogP contribution in [0.4, 0.5) is 5.69 Å². The summed E-state index contributed by atoms with van der Waals surface area (Å²) < 4.78 is 6.44. The predicted molar refractivity (Wildman–Crippen MR) is 72.2 cm³/mol. The number of hydrogen-bond acceptors (Lipinski definition) is 3. The molecular weight excluding hydrogens is 282 g/mol. The molecule has 0 aromatic heterocycles. The lowest BCUT2D eigenvalue weighted by Crippen LogP contribution is -2.46. The first-order valence-corrected chi connectivity index (χ1v) is 6.66. The zero-order chi connectivity index (χ0) is 12.3. The minimum atomic E-state index is -0.322. The molecule has 1 aliphatic rings. The summed E-state index contributed by atoms with van der Waals surface area (Å²) in [5.41, 5.74) is 0.694. The second-order valence-electron chi connectivity index (χ2n) is 4.77. The minimum Gasteiger partial charge on any atom is -0.394 e. The van der Waals surface area contributed by atoms with E-state index in [9.17, 15) is 5.11 Å². The van der Waals surface area contributed by atoms with Crippen LogP contribution in [0.3, 0.4) is 0 Å². The molecule has 0 aliphatic carbocycles. The lowest BCUT2D eigenvalue weighted by molar-refractivity contribution is 0.137. The molecule has 1 aromatic rings. The highest BCUT2D eigenvalue weighted by Gasteiger charge is 2.36. The molecule has 2 atom stereocenters. The van der Waals surface area contributed by atoms with E-state index in [-0.39, 0.29) is 12.1 Å². The smallest absolute Gasteiger partial charge is 0.0662 e. The summed E-state index contributed by atoms with van der Waals surface area (Å²) in [6.07, 6.45) is 0.998. The fourth-order valence-corrected chi connectivity index (χ4v) is 2.60. The molecule has 2 unspecified atom stereocenters. The van der Waals surface area contributed by atoms with Crippen LogP contribution < -0.4 is 5.32 Å². The van der Waals surface area contributed by atoms with Crippen LogP contribution in [0.15, 0.2) is 28.7 Å². The first-order chi connectivity index (χ1) is 8.14. The third-order valence-electron chi connectivity index (χ3n) is 3.41. The topological polar surface area (TPSA) is 41.5 Å². The van der Waals surface area contributed by atoms with Gasteiger partial charge in [0.1, 0.15) is 0 Å². The van der Waals surface area contributed by atoms with Crippen molar-refractivity contribution < 1.29 is 9.84 Å². The van der Waals surface area contributed by atoms with Gasteiger partial charge in [-0.1, -0.05) is 22.0 Å². The molecule has 1 saturated heterocycles. The van der Waals surface area contributed by atoms with Crippen molar-refractivity contribution in [2.75, 3.05) is 25.1 Å². The Hall–Kier alpha value is -0.580. The average molecular weight is 300 g/mol. The van der Waals surface area contributed by atoms with Crippen molar-refractivity contribution in [3.63, 3.8) is 0 Å². The summed E-state index contributed by atoms with van der Waals surface area (Å²) in [5.74, 6) is 0.353. The van der Waals surface area contributed by atoms with Gasteiger partial charge in [-0.25, -0.2) is 0 Å². The molecule has 0 spiro atoms. The number of aliphatic hydroxyl groups excluding tert-OH is 1. The molecule has 2 N–H and O–H groups in total. The average Bonchev–Trinajstić information content (AvgIpc) is 2.83. The number of aliphatic hydroxyl groups is 1. The number of halogens is 1. The number of anilines is 1. The van der Waals surface area contributed by atoms with Crippen LogP contribution in [0.25, 0.3) is 0 Å². The van der Waals surface area contributed by atoms with Crippen LogP contribution in [0.5, 0.6) is 0 Å². The lowest BCUT2D eigenvalue weighted by atomic mass is 9.85. The molecule has 17 heavy (non-hydrogen) atoms. The van der Waals surface area contributed by atoms with Gasteiger partial charge in [0.05, 0.1) is 18.8 Å². The number of nitrogens with one attached hydrogen (secondary N) is 1. The van der Waals surface area contributed by atoms with Crippen molar-refractivity contribution in [3.05, 3.63) is 28.7 Å². The molecule has 2 rings (SSSR count).